The average Bonchev–Trinajstić information content (AvgIpc) is 1.57. The number of benzene rings is 4. The highest BCUT2D eigenvalue weighted by Crippen LogP contribution is 2.59. The number of nitrogens with one attached hydrogen (secondary N) is 2. The SMILES string of the molecule is CCn1nc(O[C@@H]2C[C@H]3C(=O)C[C@]4(C(=O)NS(=O)(=O)C5CC5)C[C@H]4/C=C\CC[C@@H](C)C[C@@H](C)[C@H](CC(=O)c4ccc(N(C)C)cc4)C(=O)N3C2)c2ccccc2c1=O.CCn1nc(O[C@@H]2C[C@H]3C(=O)C[C@]4(C(=O)NS(=O)(=O)C5CC5)C[C@H]4/C=C\CC[C@H](C)C[C@@H](C)[C@H](CC(=O)c4ccc(N(C)C)cc4)C(=O)N3C2)c2ccccc2c1=O. The van der Waals surface area contributed by atoms with Gasteiger partial charge in [0.25, 0.3) is 11.1 Å². The van der Waals surface area contributed by atoms with E-state index in [1.165, 1.54) is 19.2 Å². The first-order valence-electron chi connectivity index (χ1n) is 41.3. The highest BCUT2D eigenvalue weighted by molar-refractivity contribution is 7.91. The summed E-state index contributed by atoms with van der Waals surface area (Å²) in [6, 6.07) is 26.5. The molecule has 4 aliphatic carbocycles. The number of nitrogens with zero attached hydrogens (tertiary/aromatic N) is 8. The lowest BCUT2D eigenvalue weighted by Gasteiger charge is -2.32. The van der Waals surface area contributed by atoms with Crippen LogP contribution in [-0.4, -0.2) is 169 Å². The number of sulfonamides is 2. The number of ether oxygens (including phenoxy) is 2. The van der Waals surface area contributed by atoms with Gasteiger partial charge in [-0.25, -0.2) is 26.2 Å². The van der Waals surface area contributed by atoms with E-state index in [-0.39, 0.29) is 145 Å². The largest absolute Gasteiger partial charge is 0.471 e. The van der Waals surface area contributed by atoms with Gasteiger partial charge in [0.15, 0.2) is 23.1 Å². The first kappa shape index (κ1) is 84.2. The molecule has 4 amide bonds. The van der Waals surface area contributed by atoms with Crippen molar-refractivity contribution in [2.24, 2.45) is 58.2 Å². The van der Waals surface area contributed by atoms with Gasteiger partial charge >= 0.3 is 0 Å². The lowest BCUT2D eigenvalue weighted by atomic mass is 9.80. The molecule has 28 heteroatoms. The van der Waals surface area contributed by atoms with E-state index in [2.05, 4.69) is 33.5 Å². The molecule has 0 spiro atoms. The molecule has 620 valence electrons. The van der Waals surface area contributed by atoms with Crippen molar-refractivity contribution in [2.45, 2.75) is 205 Å². The number of rotatable bonds is 20. The first-order chi connectivity index (χ1) is 55.2. The van der Waals surface area contributed by atoms with E-state index in [0.717, 1.165) is 24.2 Å². The Labute approximate surface area is 678 Å². The van der Waals surface area contributed by atoms with Crippen LogP contribution in [0.15, 0.2) is 131 Å². The molecule has 2 aromatic heterocycles. The molecule has 0 bridgehead atoms. The molecule has 14 atom stereocenters. The Hall–Kier alpha value is -9.70. The third-order valence-electron chi connectivity index (χ3n) is 25.4. The predicted octanol–water partition coefficient (Wildman–Crippen LogP) is 10.6. The molecular weight excluding hydrogens is 1520 g/mol. The molecule has 4 aliphatic heterocycles. The van der Waals surface area contributed by atoms with Crippen LogP contribution in [0, 0.1) is 58.2 Å². The molecule has 6 fully saturated rings. The lowest BCUT2D eigenvalue weighted by molar-refractivity contribution is -0.143. The second-order valence-electron chi connectivity index (χ2n) is 34.5. The van der Waals surface area contributed by atoms with Gasteiger partial charge in [-0.05, 0) is 199 Å². The predicted molar refractivity (Wildman–Crippen MR) is 442 cm³/mol. The monoisotopic (exact) mass is 1630 g/mol. The van der Waals surface area contributed by atoms with Crippen LogP contribution in [0.3, 0.4) is 0 Å². The number of hydrogen-bond donors (Lipinski definition) is 2. The van der Waals surface area contributed by atoms with E-state index in [1.807, 2.05) is 100 Å². The summed E-state index contributed by atoms with van der Waals surface area (Å²) in [5, 5.41) is 9.68. The van der Waals surface area contributed by atoms with Crippen LogP contribution in [0.1, 0.15) is 178 Å². The van der Waals surface area contributed by atoms with E-state index >= 15 is 9.59 Å². The fourth-order valence-corrected chi connectivity index (χ4v) is 20.6. The third-order valence-corrected chi connectivity index (χ3v) is 29.0. The van der Waals surface area contributed by atoms with E-state index in [1.54, 1.807) is 86.6 Å². The zero-order valence-corrected chi connectivity index (χ0v) is 69.7. The standard InChI is InChI=1S/2C44H55N5O8S/c2*1-6-49-42(53)35-14-10-9-13-34(35)40(45-49)57-32-22-37-39(51)25-44(43(54)46-58(55,56)33-19-20-33)24-30(44)12-8-7-11-27(2)21-28(3)36(41(52)48(37)26-32)23-38(50)29-15-17-31(18-16-29)47(4)5/h2*8-10,12-18,27-28,30,32-33,36-37H,6-7,11,19-26H2,1-5H3,(H,46,54)/b2*12-8-/t27-,28+,30+,32+,36-,37-,44+;27-,28-,30-,32-,36+,37+,44-/m01/s1. The van der Waals surface area contributed by atoms with Gasteiger partial charge in [-0.1, -0.05) is 76.3 Å². The first-order valence-corrected chi connectivity index (χ1v) is 44.4. The minimum Gasteiger partial charge on any atom is -0.471 e. The average molecular weight is 1630 g/mol. The summed E-state index contributed by atoms with van der Waals surface area (Å²) in [5.41, 5.74) is -0.206. The molecular formula is C88H110N10O16S2. The van der Waals surface area contributed by atoms with Crippen LogP contribution in [0.5, 0.6) is 11.8 Å². The molecule has 0 unspecified atom stereocenters. The molecule has 26 nitrogen and oxygen atoms in total. The number of hydrogen-bond acceptors (Lipinski definition) is 20. The molecule has 8 aliphatic rings. The van der Waals surface area contributed by atoms with Crippen molar-refractivity contribution in [3.8, 4) is 11.8 Å². The maximum absolute atomic E-state index is 15.1. The fourth-order valence-electron chi connectivity index (χ4n) is 17.8. The summed E-state index contributed by atoms with van der Waals surface area (Å²) >= 11 is 0. The number of anilines is 2. The number of Topliss-reactive ketones (excluding diaryl/α,β-unsaturated/α-hetero) is 4. The van der Waals surface area contributed by atoms with Gasteiger partial charge in [-0.3, -0.25) is 57.4 Å². The topological polar surface area (TPSA) is 330 Å². The number of aryl methyl sites for hydroxylation is 2. The Morgan fingerprint density at radius 1 is 0.491 bits per heavy atom. The molecule has 6 heterocycles. The molecule has 116 heavy (non-hydrogen) atoms. The normalized spacial score (nSPS) is 28.5. The lowest BCUT2D eigenvalue weighted by Crippen LogP contribution is -2.47. The molecule has 2 saturated heterocycles. The molecule has 4 saturated carbocycles. The second kappa shape index (κ2) is 34.5. The summed E-state index contributed by atoms with van der Waals surface area (Å²) < 4.78 is 72.2. The Morgan fingerprint density at radius 3 is 1.18 bits per heavy atom. The Balaban J connectivity index is 0.000000202. The molecule has 14 rings (SSSR count). The van der Waals surface area contributed by atoms with Crippen LogP contribution in [0.2, 0.25) is 0 Å². The number of aromatic nitrogens is 4. The second-order valence-corrected chi connectivity index (χ2v) is 38.4. The smallest absolute Gasteiger partial charge is 0.274 e. The Kier molecular flexibility index (Phi) is 25.0. The quantitative estimate of drug-likeness (QED) is 0.0530. The zero-order valence-electron chi connectivity index (χ0n) is 68.1. The van der Waals surface area contributed by atoms with E-state index in [0.29, 0.717) is 110 Å². The number of carbonyl (C=O) groups excluding carboxylic acids is 8. The van der Waals surface area contributed by atoms with Crippen molar-refractivity contribution in [3.63, 3.8) is 0 Å². The number of fused-ring (bicyclic) bond motifs is 6. The summed E-state index contributed by atoms with van der Waals surface area (Å²) in [6.45, 7) is 12.5. The number of carbonyl (C=O) groups is 8. The van der Waals surface area contributed by atoms with E-state index in [4.69, 9.17) is 9.47 Å². The van der Waals surface area contributed by atoms with Gasteiger partial charge < -0.3 is 29.1 Å². The maximum Gasteiger partial charge on any atom is 0.274 e. The van der Waals surface area contributed by atoms with Gasteiger partial charge in [0, 0.05) is 114 Å². The third kappa shape index (κ3) is 18.3. The van der Waals surface area contributed by atoms with Crippen molar-refractivity contribution in [3.05, 3.63) is 153 Å². The van der Waals surface area contributed by atoms with Gasteiger partial charge in [-0.15, -0.1) is 10.2 Å². The zero-order chi connectivity index (χ0) is 83.0. The number of amides is 4. The fraction of sp³-hybridized carbons (Fsp3) is 0.545. The van der Waals surface area contributed by atoms with Crippen molar-refractivity contribution in [1.29, 1.82) is 0 Å². The molecule has 2 N–H and O–H groups in total. The highest BCUT2D eigenvalue weighted by atomic mass is 32.2. The maximum atomic E-state index is 15.1. The van der Waals surface area contributed by atoms with Crippen LogP contribution >= 0.6 is 0 Å². The summed E-state index contributed by atoms with van der Waals surface area (Å²) in [4.78, 5) is 149. The van der Waals surface area contributed by atoms with Gasteiger partial charge in [0.05, 0.1) is 68.0 Å². The van der Waals surface area contributed by atoms with Crippen LogP contribution in [-0.2, 0) is 61.9 Å². The van der Waals surface area contributed by atoms with Crippen molar-refractivity contribution < 1.29 is 64.7 Å². The van der Waals surface area contributed by atoms with Gasteiger partial charge in [-0.2, -0.15) is 0 Å². The summed E-state index contributed by atoms with van der Waals surface area (Å²) in [5.74, 6) is -4.94. The van der Waals surface area contributed by atoms with Crippen LogP contribution in [0.25, 0.3) is 21.5 Å². The Morgan fingerprint density at radius 2 is 0.845 bits per heavy atom. The summed E-state index contributed by atoms with van der Waals surface area (Å²) in [7, 11) is -0.0709. The number of allylic oxidation sites excluding steroid dienone is 4. The van der Waals surface area contributed by atoms with Crippen LogP contribution < -0.4 is 39.8 Å². The minimum absolute atomic E-state index is 0.0135. The van der Waals surface area contributed by atoms with Crippen molar-refractivity contribution >= 4 is 99.7 Å². The van der Waals surface area contributed by atoms with Crippen molar-refractivity contribution in [2.75, 3.05) is 51.1 Å². The molecule has 6 aromatic rings. The van der Waals surface area contributed by atoms with Crippen LogP contribution in [0.4, 0.5) is 11.4 Å². The highest BCUT2D eigenvalue weighted by Gasteiger charge is 2.63. The molecule has 0 radical (unpaired) electrons. The van der Waals surface area contributed by atoms with E-state index in [9.17, 15) is 55.2 Å². The Bertz CT molecular complexity index is 4890. The minimum atomic E-state index is -3.87. The molecule has 4 aromatic carbocycles. The van der Waals surface area contributed by atoms with Crippen molar-refractivity contribution in [1.82, 2.24) is 38.8 Å². The van der Waals surface area contributed by atoms with Gasteiger partial charge in [0.1, 0.15) is 12.2 Å². The number of ketones is 4. The summed E-state index contributed by atoms with van der Waals surface area (Å²) in [6.07, 6.45) is 13.0. The van der Waals surface area contributed by atoms with E-state index < -0.39 is 89.3 Å². The van der Waals surface area contributed by atoms with Gasteiger partial charge in [0.2, 0.25) is 55.4 Å².